The Hall–Kier alpha value is -1.39. The minimum Gasteiger partial charge on any atom is -0.390 e. The normalized spacial score (nSPS) is 24.4. The van der Waals surface area contributed by atoms with Gasteiger partial charge in [0.05, 0.1) is 29.3 Å². The highest BCUT2D eigenvalue weighted by Crippen LogP contribution is 2.24. The number of benzene rings is 1. The molecule has 2 aromatic rings. The van der Waals surface area contributed by atoms with E-state index in [9.17, 15) is 5.11 Å². The van der Waals surface area contributed by atoms with Gasteiger partial charge in [-0.25, -0.2) is 4.98 Å². The van der Waals surface area contributed by atoms with Crippen LogP contribution in [0.1, 0.15) is 32.5 Å². The predicted molar refractivity (Wildman–Crippen MR) is 78.7 cm³/mol. The summed E-state index contributed by atoms with van der Waals surface area (Å²) in [6.07, 6.45) is 2.28. The first-order valence-corrected chi connectivity index (χ1v) is 7.46. The first-order valence-electron chi connectivity index (χ1n) is 7.46. The van der Waals surface area contributed by atoms with Gasteiger partial charge in [-0.1, -0.05) is 12.1 Å². The summed E-state index contributed by atoms with van der Waals surface area (Å²) in [5.74, 6) is 0.948. The molecule has 1 saturated heterocycles. The zero-order chi connectivity index (χ0) is 14.1. The molecule has 20 heavy (non-hydrogen) atoms. The number of para-hydroxylation sites is 2. The van der Waals surface area contributed by atoms with Crippen LogP contribution in [0.5, 0.6) is 0 Å². The maximum absolute atomic E-state index is 10.4. The Bertz CT molecular complexity index is 593. The molecule has 1 aromatic heterocycles. The number of nitrogens with zero attached hydrogens (tertiary/aromatic N) is 2. The van der Waals surface area contributed by atoms with Crippen LogP contribution >= 0.6 is 0 Å². The average Bonchev–Trinajstić information content (AvgIpc) is 3.01. The fourth-order valence-corrected chi connectivity index (χ4v) is 3.07. The second-order valence-electron chi connectivity index (χ2n) is 5.59. The molecule has 0 aliphatic carbocycles. The van der Waals surface area contributed by atoms with E-state index in [1.807, 2.05) is 18.2 Å². The zero-order valence-corrected chi connectivity index (χ0v) is 12.1. The Morgan fingerprint density at radius 3 is 2.90 bits per heavy atom. The van der Waals surface area contributed by atoms with Crippen molar-refractivity contribution in [2.24, 2.45) is 0 Å². The molecule has 0 spiro atoms. The molecular formula is C16H22N2O2. The van der Waals surface area contributed by atoms with E-state index < -0.39 is 6.10 Å². The van der Waals surface area contributed by atoms with Crippen molar-refractivity contribution < 1.29 is 9.84 Å². The molecule has 3 rings (SSSR count). The lowest BCUT2D eigenvalue weighted by atomic mass is 10.1. The minimum atomic E-state index is -0.470. The highest BCUT2D eigenvalue weighted by Gasteiger charge is 2.29. The molecule has 3 atom stereocenters. The molecule has 0 amide bonds. The van der Waals surface area contributed by atoms with Gasteiger partial charge in [0.25, 0.3) is 0 Å². The molecule has 2 heterocycles. The molecule has 1 fully saturated rings. The van der Waals surface area contributed by atoms with Crippen LogP contribution in [-0.4, -0.2) is 33.0 Å². The molecule has 0 radical (unpaired) electrons. The van der Waals surface area contributed by atoms with Gasteiger partial charge in [-0.05, 0) is 38.8 Å². The van der Waals surface area contributed by atoms with Gasteiger partial charge in [-0.3, -0.25) is 0 Å². The lowest BCUT2D eigenvalue weighted by Crippen LogP contribution is -2.29. The number of aliphatic hydroxyl groups is 1. The smallest absolute Gasteiger partial charge is 0.112 e. The number of imidazole rings is 1. The summed E-state index contributed by atoms with van der Waals surface area (Å²) in [4.78, 5) is 4.66. The Balaban J connectivity index is 1.83. The van der Waals surface area contributed by atoms with Gasteiger partial charge in [0, 0.05) is 13.0 Å². The number of ether oxygens (including phenoxy) is 1. The second-order valence-corrected chi connectivity index (χ2v) is 5.59. The molecule has 0 bridgehead atoms. The summed E-state index contributed by atoms with van der Waals surface area (Å²) in [7, 11) is 0. The van der Waals surface area contributed by atoms with E-state index in [0.29, 0.717) is 6.42 Å². The minimum absolute atomic E-state index is 0.0462. The van der Waals surface area contributed by atoms with Crippen LogP contribution in [0.3, 0.4) is 0 Å². The van der Waals surface area contributed by atoms with Gasteiger partial charge >= 0.3 is 0 Å². The van der Waals surface area contributed by atoms with Crippen LogP contribution in [0.2, 0.25) is 0 Å². The van der Waals surface area contributed by atoms with Crippen molar-refractivity contribution in [3.05, 3.63) is 30.1 Å². The molecule has 1 aromatic carbocycles. The van der Waals surface area contributed by atoms with Gasteiger partial charge in [0.2, 0.25) is 0 Å². The van der Waals surface area contributed by atoms with Gasteiger partial charge < -0.3 is 14.4 Å². The number of hydrogen-bond acceptors (Lipinski definition) is 3. The van der Waals surface area contributed by atoms with E-state index in [1.165, 1.54) is 0 Å². The van der Waals surface area contributed by atoms with Gasteiger partial charge in [-0.15, -0.1) is 0 Å². The summed E-state index contributed by atoms with van der Waals surface area (Å²) in [6, 6.07) is 8.12. The van der Waals surface area contributed by atoms with Crippen LogP contribution in [-0.2, 0) is 17.7 Å². The molecule has 1 N–H and O–H groups in total. The second kappa shape index (κ2) is 5.54. The van der Waals surface area contributed by atoms with Crippen LogP contribution in [0.25, 0.3) is 11.0 Å². The van der Waals surface area contributed by atoms with Crippen molar-refractivity contribution in [1.82, 2.24) is 9.55 Å². The fourth-order valence-electron chi connectivity index (χ4n) is 3.07. The Kier molecular flexibility index (Phi) is 3.76. The summed E-state index contributed by atoms with van der Waals surface area (Å²) in [5, 5.41) is 10.4. The van der Waals surface area contributed by atoms with E-state index in [2.05, 4.69) is 29.5 Å². The standard InChI is InChI=1S/C16H22N2O2/c1-3-18-13-7-5-4-6-12(13)17-16(18)10-14(19)15-9-8-11(2)20-15/h4-7,11,14-15,19H,3,8-10H2,1-2H3. The number of aliphatic hydroxyl groups excluding tert-OH is 1. The van der Waals surface area contributed by atoms with Crippen molar-refractivity contribution in [2.75, 3.05) is 0 Å². The lowest BCUT2D eigenvalue weighted by molar-refractivity contribution is -0.0287. The molecular weight excluding hydrogens is 252 g/mol. The highest BCUT2D eigenvalue weighted by atomic mass is 16.5. The first-order chi connectivity index (χ1) is 9.69. The number of aromatic nitrogens is 2. The van der Waals surface area contributed by atoms with Gasteiger partial charge in [-0.2, -0.15) is 0 Å². The van der Waals surface area contributed by atoms with E-state index in [0.717, 1.165) is 36.2 Å². The molecule has 3 unspecified atom stereocenters. The Morgan fingerprint density at radius 1 is 1.40 bits per heavy atom. The number of fused-ring (bicyclic) bond motifs is 1. The summed E-state index contributed by atoms with van der Waals surface area (Å²) in [6.45, 7) is 5.04. The molecule has 4 heteroatoms. The summed E-state index contributed by atoms with van der Waals surface area (Å²) in [5.41, 5.74) is 2.13. The molecule has 1 aliphatic rings. The third-order valence-electron chi connectivity index (χ3n) is 4.14. The summed E-state index contributed by atoms with van der Waals surface area (Å²) >= 11 is 0. The highest BCUT2D eigenvalue weighted by molar-refractivity contribution is 5.75. The lowest BCUT2D eigenvalue weighted by Gasteiger charge is -2.18. The third-order valence-corrected chi connectivity index (χ3v) is 4.14. The van der Waals surface area contributed by atoms with Crippen molar-refractivity contribution in [2.45, 2.75) is 58.0 Å². The molecule has 4 nitrogen and oxygen atoms in total. The predicted octanol–water partition coefficient (Wildman–Crippen LogP) is 2.53. The van der Waals surface area contributed by atoms with Crippen LogP contribution in [0.4, 0.5) is 0 Å². The number of hydrogen-bond donors (Lipinski definition) is 1. The van der Waals surface area contributed by atoms with E-state index in [1.54, 1.807) is 0 Å². The number of rotatable bonds is 4. The molecule has 0 saturated carbocycles. The van der Waals surface area contributed by atoms with Crippen LogP contribution in [0, 0.1) is 0 Å². The molecule has 1 aliphatic heterocycles. The third kappa shape index (κ3) is 2.45. The van der Waals surface area contributed by atoms with E-state index in [-0.39, 0.29) is 12.2 Å². The average molecular weight is 274 g/mol. The summed E-state index contributed by atoms with van der Waals surface area (Å²) < 4.78 is 7.93. The van der Waals surface area contributed by atoms with Crippen LogP contribution in [0.15, 0.2) is 24.3 Å². The van der Waals surface area contributed by atoms with E-state index in [4.69, 9.17) is 4.74 Å². The Morgan fingerprint density at radius 2 is 2.20 bits per heavy atom. The largest absolute Gasteiger partial charge is 0.390 e. The Labute approximate surface area is 119 Å². The van der Waals surface area contributed by atoms with Crippen LogP contribution < -0.4 is 0 Å². The van der Waals surface area contributed by atoms with Crippen molar-refractivity contribution in [3.8, 4) is 0 Å². The fraction of sp³-hybridized carbons (Fsp3) is 0.562. The maximum atomic E-state index is 10.4. The SMILES string of the molecule is CCn1c(CC(O)C2CCC(C)O2)nc2ccccc21. The number of aryl methyl sites for hydroxylation is 1. The van der Waals surface area contributed by atoms with E-state index >= 15 is 0 Å². The quantitative estimate of drug-likeness (QED) is 0.932. The van der Waals surface area contributed by atoms with Crippen molar-refractivity contribution in [3.63, 3.8) is 0 Å². The van der Waals surface area contributed by atoms with Gasteiger partial charge in [0.1, 0.15) is 5.82 Å². The molecule has 108 valence electrons. The van der Waals surface area contributed by atoms with Crippen molar-refractivity contribution in [1.29, 1.82) is 0 Å². The first kappa shape index (κ1) is 13.6. The van der Waals surface area contributed by atoms with Gasteiger partial charge in [0.15, 0.2) is 0 Å². The van der Waals surface area contributed by atoms with Crippen molar-refractivity contribution >= 4 is 11.0 Å². The monoisotopic (exact) mass is 274 g/mol. The maximum Gasteiger partial charge on any atom is 0.112 e. The zero-order valence-electron chi connectivity index (χ0n) is 12.1. The topological polar surface area (TPSA) is 47.3 Å².